The van der Waals surface area contributed by atoms with Crippen molar-refractivity contribution in [3.05, 3.63) is 21.6 Å². The van der Waals surface area contributed by atoms with Gasteiger partial charge in [0.2, 0.25) is 11.0 Å². The largest absolute Gasteiger partial charge is 0.381 e. The fourth-order valence-corrected chi connectivity index (χ4v) is 2.06. The molecular formula is C10H13ClN4O3. The predicted molar refractivity (Wildman–Crippen MR) is 65.7 cm³/mol. The number of anilines is 1. The second kappa shape index (κ2) is 5.92. The van der Waals surface area contributed by atoms with E-state index < -0.39 is 4.92 Å². The van der Waals surface area contributed by atoms with E-state index in [1.165, 1.54) is 6.33 Å². The zero-order chi connectivity index (χ0) is 13.0. The number of aromatic nitrogens is 2. The van der Waals surface area contributed by atoms with Crippen LogP contribution in [0.3, 0.4) is 0 Å². The lowest BCUT2D eigenvalue weighted by Gasteiger charge is -2.09. The average molecular weight is 273 g/mol. The summed E-state index contributed by atoms with van der Waals surface area (Å²) in [5.74, 6) is 0.674. The van der Waals surface area contributed by atoms with Gasteiger partial charge in [0.1, 0.15) is 6.33 Å². The minimum Gasteiger partial charge on any atom is -0.381 e. The molecule has 1 fully saturated rings. The fraction of sp³-hybridized carbons (Fsp3) is 0.600. The van der Waals surface area contributed by atoms with Crippen molar-refractivity contribution in [2.75, 3.05) is 25.1 Å². The van der Waals surface area contributed by atoms with Crippen molar-refractivity contribution in [1.29, 1.82) is 0 Å². The Morgan fingerprint density at radius 3 is 3.11 bits per heavy atom. The van der Waals surface area contributed by atoms with Crippen LogP contribution in [0.15, 0.2) is 6.33 Å². The lowest BCUT2D eigenvalue weighted by molar-refractivity contribution is -0.384. The average Bonchev–Trinajstić information content (AvgIpc) is 2.81. The molecule has 0 radical (unpaired) electrons. The van der Waals surface area contributed by atoms with E-state index >= 15 is 0 Å². The van der Waals surface area contributed by atoms with Gasteiger partial charge >= 0.3 is 5.69 Å². The molecule has 1 atom stereocenters. The molecule has 1 aliphatic rings. The van der Waals surface area contributed by atoms with Crippen molar-refractivity contribution in [1.82, 2.24) is 9.97 Å². The molecule has 1 saturated heterocycles. The third-order valence-electron chi connectivity index (χ3n) is 2.83. The molecule has 0 saturated carbocycles. The Hall–Kier alpha value is -1.47. The smallest absolute Gasteiger partial charge is 0.348 e. The maximum absolute atomic E-state index is 10.8. The molecule has 98 valence electrons. The van der Waals surface area contributed by atoms with Crippen molar-refractivity contribution in [3.63, 3.8) is 0 Å². The van der Waals surface area contributed by atoms with E-state index in [1.54, 1.807) is 0 Å². The molecule has 2 heterocycles. The van der Waals surface area contributed by atoms with Crippen molar-refractivity contribution in [3.8, 4) is 0 Å². The highest BCUT2D eigenvalue weighted by molar-refractivity contribution is 6.31. The summed E-state index contributed by atoms with van der Waals surface area (Å²) in [4.78, 5) is 17.7. The van der Waals surface area contributed by atoms with Crippen LogP contribution in [0.2, 0.25) is 5.15 Å². The highest BCUT2D eigenvalue weighted by atomic mass is 35.5. The van der Waals surface area contributed by atoms with E-state index in [2.05, 4.69) is 15.3 Å². The molecule has 0 bridgehead atoms. The van der Waals surface area contributed by atoms with Crippen LogP contribution in [-0.2, 0) is 4.74 Å². The second-order valence-electron chi connectivity index (χ2n) is 4.06. The number of ether oxygens (including phenoxy) is 1. The van der Waals surface area contributed by atoms with Crippen LogP contribution in [0.1, 0.15) is 12.8 Å². The van der Waals surface area contributed by atoms with Crippen LogP contribution in [0.5, 0.6) is 0 Å². The van der Waals surface area contributed by atoms with Gasteiger partial charge in [-0.3, -0.25) is 10.1 Å². The summed E-state index contributed by atoms with van der Waals surface area (Å²) < 4.78 is 5.26. The number of nitrogens with one attached hydrogen (secondary N) is 1. The summed E-state index contributed by atoms with van der Waals surface area (Å²) in [7, 11) is 0. The number of rotatable bonds is 5. The second-order valence-corrected chi connectivity index (χ2v) is 4.42. The van der Waals surface area contributed by atoms with Gasteiger partial charge in [-0.2, -0.15) is 0 Å². The van der Waals surface area contributed by atoms with Gasteiger partial charge in [-0.15, -0.1) is 0 Å². The Morgan fingerprint density at radius 2 is 2.44 bits per heavy atom. The van der Waals surface area contributed by atoms with Gasteiger partial charge in [-0.1, -0.05) is 11.6 Å². The van der Waals surface area contributed by atoms with Crippen LogP contribution in [0, 0.1) is 16.0 Å². The molecule has 1 unspecified atom stereocenters. The molecule has 1 aliphatic heterocycles. The monoisotopic (exact) mass is 272 g/mol. The summed E-state index contributed by atoms with van der Waals surface area (Å²) in [5.41, 5.74) is -0.276. The molecule has 0 aliphatic carbocycles. The first-order valence-corrected chi connectivity index (χ1v) is 6.02. The van der Waals surface area contributed by atoms with E-state index in [9.17, 15) is 10.1 Å². The third-order valence-corrected chi connectivity index (χ3v) is 3.11. The minimum atomic E-state index is -0.580. The lowest BCUT2D eigenvalue weighted by Crippen LogP contribution is -2.11. The molecule has 0 aromatic carbocycles. The molecule has 7 nitrogen and oxygen atoms in total. The molecule has 0 spiro atoms. The summed E-state index contributed by atoms with van der Waals surface area (Å²) in [5, 5.41) is 13.6. The third kappa shape index (κ3) is 3.05. The zero-order valence-electron chi connectivity index (χ0n) is 9.63. The summed E-state index contributed by atoms with van der Waals surface area (Å²) in [6.07, 6.45) is 3.13. The fourth-order valence-electron chi connectivity index (χ4n) is 1.85. The Labute approximate surface area is 109 Å². The van der Waals surface area contributed by atoms with Gasteiger partial charge in [0, 0.05) is 19.8 Å². The maximum Gasteiger partial charge on any atom is 0.348 e. The van der Waals surface area contributed by atoms with Gasteiger partial charge in [-0.25, -0.2) is 9.97 Å². The highest BCUT2D eigenvalue weighted by Gasteiger charge is 2.22. The summed E-state index contributed by atoms with van der Waals surface area (Å²) in [6, 6.07) is 0. The van der Waals surface area contributed by atoms with Crippen molar-refractivity contribution in [2.24, 2.45) is 5.92 Å². The number of nitro groups is 1. The Balaban J connectivity index is 1.96. The SMILES string of the molecule is O=[N+]([O-])c1c(Cl)ncnc1NCCC1CCOC1. The Bertz CT molecular complexity index is 437. The molecular weight excluding hydrogens is 260 g/mol. The van der Waals surface area contributed by atoms with E-state index in [0.717, 1.165) is 26.1 Å². The van der Waals surface area contributed by atoms with Gasteiger partial charge in [-0.05, 0) is 18.8 Å². The van der Waals surface area contributed by atoms with Crippen molar-refractivity contribution < 1.29 is 9.66 Å². The zero-order valence-corrected chi connectivity index (χ0v) is 10.4. The molecule has 1 N–H and O–H groups in total. The number of nitrogens with zero attached hydrogens (tertiary/aromatic N) is 3. The Morgan fingerprint density at radius 1 is 1.61 bits per heavy atom. The van der Waals surface area contributed by atoms with Crippen molar-refractivity contribution in [2.45, 2.75) is 12.8 Å². The molecule has 1 aromatic heterocycles. The Kier molecular flexibility index (Phi) is 4.27. The van der Waals surface area contributed by atoms with Gasteiger partial charge in [0.15, 0.2) is 0 Å². The molecule has 8 heteroatoms. The topological polar surface area (TPSA) is 90.2 Å². The van der Waals surface area contributed by atoms with Gasteiger partial charge in [0.25, 0.3) is 0 Å². The lowest BCUT2D eigenvalue weighted by atomic mass is 10.1. The summed E-state index contributed by atoms with van der Waals surface area (Å²) in [6.45, 7) is 2.15. The van der Waals surface area contributed by atoms with Crippen LogP contribution in [0.25, 0.3) is 0 Å². The van der Waals surface area contributed by atoms with E-state index in [1.807, 2.05) is 0 Å². The molecule has 2 rings (SSSR count). The van der Waals surface area contributed by atoms with Gasteiger partial charge in [0.05, 0.1) is 4.92 Å². The predicted octanol–water partition coefficient (Wildman–Crippen LogP) is 1.88. The first-order chi connectivity index (χ1) is 8.68. The van der Waals surface area contributed by atoms with E-state index in [0.29, 0.717) is 12.5 Å². The minimum absolute atomic E-state index is 0.151. The normalized spacial score (nSPS) is 18.8. The quantitative estimate of drug-likeness (QED) is 0.500. The van der Waals surface area contributed by atoms with Crippen molar-refractivity contribution >= 4 is 23.1 Å². The summed E-state index contributed by atoms with van der Waals surface area (Å²) >= 11 is 5.68. The highest BCUT2D eigenvalue weighted by Crippen LogP contribution is 2.28. The molecule has 1 aromatic rings. The van der Waals surface area contributed by atoms with Crippen LogP contribution >= 0.6 is 11.6 Å². The molecule has 0 amide bonds. The van der Waals surface area contributed by atoms with Crippen LogP contribution in [0.4, 0.5) is 11.5 Å². The van der Waals surface area contributed by atoms with E-state index in [4.69, 9.17) is 16.3 Å². The first-order valence-electron chi connectivity index (χ1n) is 5.65. The number of hydrogen-bond acceptors (Lipinski definition) is 6. The maximum atomic E-state index is 10.8. The number of hydrogen-bond donors (Lipinski definition) is 1. The standard InChI is InChI=1S/C10H13ClN4O3/c11-9-8(15(16)17)10(14-6-13-9)12-3-1-7-2-4-18-5-7/h6-7H,1-5H2,(H,12,13,14). The first kappa shape index (κ1) is 13.0. The van der Waals surface area contributed by atoms with Crippen LogP contribution < -0.4 is 5.32 Å². The van der Waals surface area contributed by atoms with Gasteiger partial charge < -0.3 is 10.1 Å². The molecule has 18 heavy (non-hydrogen) atoms. The van der Waals surface area contributed by atoms with Crippen LogP contribution in [-0.4, -0.2) is 34.6 Å². The van der Waals surface area contributed by atoms with E-state index in [-0.39, 0.29) is 16.7 Å². The number of halogens is 1.